The molecule has 9 heteroatoms. The molecule has 0 aromatic heterocycles. The fourth-order valence-corrected chi connectivity index (χ4v) is 5.11. The van der Waals surface area contributed by atoms with Gasteiger partial charge in [0.1, 0.15) is 18.3 Å². The first-order valence-corrected chi connectivity index (χ1v) is 14.6. The van der Waals surface area contributed by atoms with Crippen molar-refractivity contribution in [3.63, 3.8) is 0 Å². The van der Waals surface area contributed by atoms with Crippen LogP contribution in [0.2, 0.25) is 0 Å². The molecule has 208 valence electrons. The number of sulfonamides is 1. The van der Waals surface area contributed by atoms with Crippen LogP contribution in [0.25, 0.3) is 0 Å². The third-order valence-corrected chi connectivity index (χ3v) is 7.34. The number of benzene rings is 3. The number of carbonyl (C=O) groups excluding carboxylic acids is 2. The molecule has 0 aliphatic rings. The molecule has 2 amide bonds. The van der Waals surface area contributed by atoms with Gasteiger partial charge in [-0.05, 0) is 44.0 Å². The topological polar surface area (TPSA) is 96.0 Å². The molecule has 0 bridgehead atoms. The number of nitrogens with zero attached hydrogens (tertiary/aromatic N) is 2. The highest BCUT2D eigenvalue weighted by atomic mass is 32.2. The van der Waals surface area contributed by atoms with Gasteiger partial charge in [-0.25, -0.2) is 8.42 Å². The zero-order chi connectivity index (χ0) is 28.6. The van der Waals surface area contributed by atoms with Gasteiger partial charge in [0.15, 0.2) is 0 Å². The summed E-state index contributed by atoms with van der Waals surface area (Å²) in [5.41, 5.74) is 3.02. The number of hydrogen-bond acceptors (Lipinski definition) is 5. The van der Waals surface area contributed by atoms with Crippen LogP contribution in [0.15, 0.2) is 78.9 Å². The van der Waals surface area contributed by atoms with Crippen LogP contribution in [-0.4, -0.2) is 57.1 Å². The number of aryl methyl sites for hydroxylation is 1. The van der Waals surface area contributed by atoms with E-state index >= 15 is 0 Å². The summed E-state index contributed by atoms with van der Waals surface area (Å²) in [5.74, 6) is -0.497. The van der Waals surface area contributed by atoms with E-state index in [9.17, 15) is 18.0 Å². The van der Waals surface area contributed by atoms with Crippen LogP contribution in [0.4, 0.5) is 5.69 Å². The molecule has 0 radical (unpaired) electrons. The Kier molecular flexibility index (Phi) is 10.1. The average molecular weight is 552 g/mol. The Morgan fingerprint density at radius 2 is 1.51 bits per heavy atom. The van der Waals surface area contributed by atoms with Crippen LogP contribution in [0, 0.1) is 6.92 Å². The summed E-state index contributed by atoms with van der Waals surface area (Å²) in [5, 5.41) is 2.94. The first kappa shape index (κ1) is 29.7. The maximum absolute atomic E-state index is 14.1. The fourth-order valence-electron chi connectivity index (χ4n) is 4.26. The molecule has 0 saturated carbocycles. The lowest BCUT2D eigenvalue weighted by Gasteiger charge is -2.34. The van der Waals surface area contributed by atoms with Crippen LogP contribution in [0.5, 0.6) is 5.75 Å². The molecule has 0 spiro atoms. The van der Waals surface area contributed by atoms with Gasteiger partial charge >= 0.3 is 0 Å². The van der Waals surface area contributed by atoms with E-state index in [-0.39, 0.29) is 30.6 Å². The number of amides is 2. The van der Waals surface area contributed by atoms with Gasteiger partial charge in [-0.2, -0.15) is 0 Å². The SMILES string of the molecule is COc1ccccc1N(CC(=O)N(Cc1ccc(C)cc1)[C@H](Cc1ccccc1)C(=O)NC(C)C)S(C)(=O)=O. The molecule has 0 unspecified atom stereocenters. The maximum atomic E-state index is 14.1. The number of rotatable bonds is 12. The monoisotopic (exact) mass is 551 g/mol. The third kappa shape index (κ3) is 8.32. The molecule has 39 heavy (non-hydrogen) atoms. The van der Waals surface area contributed by atoms with Gasteiger partial charge in [0.05, 0.1) is 19.1 Å². The summed E-state index contributed by atoms with van der Waals surface area (Å²) in [6.45, 7) is 5.32. The van der Waals surface area contributed by atoms with Crippen molar-refractivity contribution < 1.29 is 22.7 Å². The Balaban J connectivity index is 2.07. The van der Waals surface area contributed by atoms with Crippen LogP contribution < -0.4 is 14.4 Å². The van der Waals surface area contributed by atoms with Crippen LogP contribution >= 0.6 is 0 Å². The van der Waals surface area contributed by atoms with E-state index in [0.717, 1.165) is 27.3 Å². The number of para-hydroxylation sites is 2. The van der Waals surface area contributed by atoms with Crippen molar-refractivity contribution in [3.05, 3.63) is 95.6 Å². The van der Waals surface area contributed by atoms with Gasteiger partial charge in [0.2, 0.25) is 21.8 Å². The largest absolute Gasteiger partial charge is 0.495 e. The smallest absolute Gasteiger partial charge is 0.244 e. The summed E-state index contributed by atoms with van der Waals surface area (Å²) >= 11 is 0. The number of ether oxygens (including phenoxy) is 1. The van der Waals surface area contributed by atoms with Crippen molar-refractivity contribution in [3.8, 4) is 5.75 Å². The normalized spacial score (nSPS) is 12.1. The molecule has 3 aromatic rings. The zero-order valence-corrected chi connectivity index (χ0v) is 23.9. The van der Waals surface area contributed by atoms with E-state index in [4.69, 9.17) is 4.74 Å². The molecule has 0 aliphatic carbocycles. The Morgan fingerprint density at radius 1 is 0.897 bits per heavy atom. The number of nitrogens with one attached hydrogen (secondary N) is 1. The predicted octanol–water partition coefficient (Wildman–Crippen LogP) is 3.93. The van der Waals surface area contributed by atoms with E-state index < -0.39 is 28.5 Å². The molecular formula is C30H37N3O5S. The second-order valence-corrected chi connectivity index (χ2v) is 11.7. The highest BCUT2D eigenvalue weighted by Crippen LogP contribution is 2.30. The minimum atomic E-state index is -3.88. The molecule has 1 atom stereocenters. The van der Waals surface area contributed by atoms with Crippen LogP contribution in [0.1, 0.15) is 30.5 Å². The van der Waals surface area contributed by atoms with Crippen LogP contribution in [-0.2, 0) is 32.6 Å². The van der Waals surface area contributed by atoms with Crippen molar-refractivity contribution in [1.82, 2.24) is 10.2 Å². The molecule has 0 heterocycles. The molecular weight excluding hydrogens is 514 g/mol. The Labute approximate surface area is 231 Å². The summed E-state index contributed by atoms with van der Waals surface area (Å²) in [4.78, 5) is 29.1. The van der Waals surface area contributed by atoms with Crippen molar-refractivity contribution in [2.24, 2.45) is 0 Å². The van der Waals surface area contributed by atoms with Crippen molar-refractivity contribution in [2.75, 3.05) is 24.2 Å². The third-order valence-electron chi connectivity index (χ3n) is 6.21. The lowest BCUT2D eigenvalue weighted by molar-refractivity contribution is -0.140. The molecule has 0 saturated heterocycles. The average Bonchev–Trinajstić information content (AvgIpc) is 2.89. The summed E-state index contributed by atoms with van der Waals surface area (Å²) in [6.07, 6.45) is 1.31. The lowest BCUT2D eigenvalue weighted by atomic mass is 10.0. The Bertz CT molecular complexity index is 1360. The van der Waals surface area contributed by atoms with Gasteiger partial charge in [-0.1, -0.05) is 72.3 Å². The highest BCUT2D eigenvalue weighted by molar-refractivity contribution is 7.92. The van der Waals surface area contributed by atoms with Crippen LogP contribution in [0.3, 0.4) is 0 Å². The second-order valence-electron chi connectivity index (χ2n) is 9.82. The standard InChI is InChI=1S/C30H37N3O5S/c1-22(2)31-30(35)27(19-24-11-7-6-8-12-24)32(20-25-17-15-23(3)16-18-25)29(34)21-33(39(5,36)37)26-13-9-10-14-28(26)38-4/h6-18,22,27H,19-21H2,1-5H3,(H,31,35)/t27-/m1/s1. The predicted molar refractivity (Wildman–Crippen MR) is 154 cm³/mol. The first-order chi connectivity index (χ1) is 18.5. The minimum Gasteiger partial charge on any atom is -0.495 e. The zero-order valence-electron chi connectivity index (χ0n) is 23.1. The molecule has 3 aromatic carbocycles. The molecule has 0 fully saturated rings. The second kappa shape index (κ2) is 13.3. The van der Waals surface area contributed by atoms with E-state index in [2.05, 4.69) is 5.32 Å². The van der Waals surface area contributed by atoms with E-state index in [0.29, 0.717) is 5.75 Å². The van der Waals surface area contributed by atoms with E-state index in [1.807, 2.05) is 75.4 Å². The Hall–Kier alpha value is -3.85. The number of hydrogen-bond donors (Lipinski definition) is 1. The molecule has 1 N–H and O–H groups in total. The molecule has 3 rings (SSSR count). The molecule has 8 nitrogen and oxygen atoms in total. The highest BCUT2D eigenvalue weighted by Gasteiger charge is 2.33. The summed E-state index contributed by atoms with van der Waals surface area (Å²) < 4.78 is 32.2. The lowest BCUT2D eigenvalue weighted by Crippen LogP contribution is -2.54. The molecule has 0 aliphatic heterocycles. The van der Waals surface area contributed by atoms with E-state index in [1.165, 1.54) is 12.0 Å². The quantitative estimate of drug-likeness (QED) is 0.368. The van der Waals surface area contributed by atoms with Crippen molar-refractivity contribution >= 4 is 27.5 Å². The first-order valence-electron chi connectivity index (χ1n) is 12.8. The maximum Gasteiger partial charge on any atom is 0.244 e. The van der Waals surface area contributed by atoms with Gasteiger partial charge in [0, 0.05) is 19.0 Å². The van der Waals surface area contributed by atoms with Crippen molar-refractivity contribution in [1.29, 1.82) is 0 Å². The summed E-state index contributed by atoms with van der Waals surface area (Å²) in [7, 11) is -2.43. The Morgan fingerprint density at radius 3 is 2.10 bits per heavy atom. The number of anilines is 1. The van der Waals surface area contributed by atoms with E-state index in [1.54, 1.807) is 24.3 Å². The van der Waals surface area contributed by atoms with Gasteiger partial charge in [0.25, 0.3) is 0 Å². The van der Waals surface area contributed by atoms with Crippen molar-refractivity contribution in [2.45, 2.75) is 45.8 Å². The minimum absolute atomic E-state index is 0.131. The summed E-state index contributed by atoms with van der Waals surface area (Å²) in [6, 6.07) is 22.8. The van der Waals surface area contributed by atoms with Gasteiger partial charge in [-0.15, -0.1) is 0 Å². The van der Waals surface area contributed by atoms with Gasteiger partial charge in [-0.3, -0.25) is 13.9 Å². The number of methoxy groups -OCH3 is 1. The number of carbonyl (C=O) groups is 2. The van der Waals surface area contributed by atoms with Gasteiger partial charge < -0.3 is 15.0 Å². The fraction of sp³-hybridized carbons (Fsp3) is 0.333.